The van der Waals surface area contributed by atoms with E-state index in [1.807, 2.05) is 23.1 Å². The summed E-state index contributed by atoms with van der Waals surface area (Å²) in [5, 5.41) is 3.43. The van der Waals surface area contributed by atoms with Crippen molar-refractivity contribution in [3.8, 4) is 0 Å². The van der Waals surface area contributed by atoms with Gasteiger partial charge in [0.1, 0.15) is 6.10 Å². The molecule has 0 radical (unpaired) electrons. The Morgan fingerprint density at radius 2 is 1.88 bits per heavy atom. The molecule has 3 fully saturated rings. The van der Waals surface area contributed by atoms with Crippen LogP contribution >= 0.6 is 24.0 Å². The fraction of sp³-hybridized carbons (Fsp3) is 0.667. The van der Waals surface area contributed by atoms with Crippen LogP contribution in [-0.2, 0) is 16.0 Å². The number of nitrogens with one attached hydrogen (secondary N) is 1. The Morgan fingerprint density at radius 1 is 1.06 bits per heavy atom. The first-order chi connectivity index (χ1) is 15.2. The van der Waals surface area contributed by atoms with Crippen LogP contribution in [-0.4, -0.2) is 79.8 Å². The number of guanidine groups is 1. The number of piperidine rings is 1. The summed E-state index contributed by atoms with van der Waals surface area (Å²) in [5.41, 5.74) is 1.83. The fourth-order valence-electron chi connectivity index (χ4n) is 4.66. The van der Waals surface area contributed by atoms with Gasteiger partial charge < -0.3 is 24.6 Å². The van der Waals surface area contributed by atoms with Crippen molar-refractivity contribution in [2.45, 2.75) is 57.8 Å². The van der Waals surface area contributed by atoms with Gasteiger partial charge in [-0.1, -0.05) is 12.1 Å². The number of likely N-dealkylation sites (tertiary alicyclic amines) is 1. The summed E-state index contributed by atoms with van der Waals surface area (Å²) in [6.45, 7) is 8.33. The van der Waals surface area contributed by atoms with Crippen molar-refractivity contribution >= 4 is 35.8 Å². The second-order valence-electron chi connectivity index (χ2n) is 8.63. The molecule has 4 rings (SSSR count). The summed E-state index contributed by atoms with van der Waals surface area (Å²) in [6, 6.07) is 7.94. The molecule has 0 saturated carbocycles. The molecule has 3 aliphatic heterocycles. The predicted molar refractivity (Wildman–Crippen MR) is 137 cm³/mol. The van der Waals surface area contributed by atoms with Gasteiger partial charge >= 0.3 is 0 Å². The van der Waals surface area contributed by atoms with E-state index in [0.717, 1.165) is 82.1 Å². The third kappa shape index (κ3) is 6.57. The Morgan fingerprint density at radius 3 is 2.62 bits per heavy atom. The number of amides is 1. The van der Waals surface area contributed by atoms with E-state index in [9.17, 15) is 4.79 Å². The van der Waals surface area contributed by atoms with E-state index >= 15 is 0 Å². The lowest BCUT2D eigenvalue weighted by Gasteiger charge is -2.37. The number of carbonyl (C=O) groups excluding carboxylic acids is 1. The van der Waals surface area contributed by atoms with E-state index in [2.05, 4.69) is 23.2 Å². The highest BCUT2D eigenvalue weighted by Crippen LogP contribution is 2.21. The summed E-state index contributed by atoms with van der Waals surface area (Å²) < 4.78 is 11.8. The van der Waals surface area contributed by atoms with E-state index in [-0.39, 0.29) is 42.1 Å². The summed E-state index contributed by atoms with van der Waals surface area (Å²) >= 11 is 0. The van der Waals surface area contributed by atoms with Gasteiger partial charge in [0, 0.05) is 44.9 Å². The number of ether oxygens (including phenoxy) is 2. The van der Waals surface area contributed by atoms with E-state index < -0.39 is 0 Å². The monoisotopic (exact) mass is 556 g/mol. The normalized spacial score (nSPS) is 24.2. The molecule has 1 N–H and O–H groups in total. The molecule has 3 saturated heterocycles. The van der Waals surface area contributed by atoms with Crippen LogP contribution in [0.25, 0.3) is 0 Å². The fourth-order valence-corrected chi connectivity index (χ4v) is 4.66. The Kier molecular flexibility index (Phi) is 10.1. The molecule has 2 atom stereocenters. The van der Waals surface area contributed by atoms with Crippen LogP contribution < -0.4 is 5.32 Å². The van der Waals surface area contributed by atoms with Crippen molar-refractivity contribution < 1.29 is 14.3 Å². The Bertz CT molecular complexity index is 763. The molecule has 32 heavy (non-hydrogen) atoms. The van der Waals surface area contributed by atoms with Gasteiger partial charge in [-0.15, -0.1) is 24.0 Å². The molecule has 1 aromatic carbocycles. The van der Waals surface area contributed by atoms with Gasteiger partial charge in [0.05, 0.1) is 19.3 Å². The van der Waals surface area contributed by atoms with Crippen molar-refractivity contribution in [2.24, 2.45) is 4.99 Å². The van der Waals surface area contributed by atoms with E-state index in [0.29, 0.717) is 13.2 Å². The van der Waals surface area contributed by atoms with Crippen LogP contribution in [0.1, 0.15) is 54.9 Å². The third-order valence-electron chi connectivity index (χ3n) is 6.34. The first kappa shape index (κ1) is 25.2. The summed E-state index contributed by atoms with van der Waals surface area (Å²) in [5.74, 6) is 1.05. The quantitative estimate of drug-likeness (QED) is 0.343. The number of morpholine rings is 1. The minimum absolute atomic E-state index is 0. The number of carbonyl (C=O) groups is 1. The molecule has 0 aliphatic carbocycles. The summed E-state index contributed by atoms with van der Waals surface area (Å²) in [7, 11) is 0. The van der Waals surface area contributed by atoms with Crippen molar-refractivity contribution in [2.75, 3.05) is 45.9 Å². The Labute approximate surface area is 208 Å². The highest BCUT2D eigenvalue weighted by Gasteiger charge is 2.32. The van der Waals surface area contributed by atoms with Gasteiger partial charge in [0.2, 0.25) is 0 Å². The lowest BCUT2D eigenvalue weighted by Crippen LogP contribution is -2.53. The second kappa shape index (κ2) is 12.7. The van der Waals surface area contributed by atoms with Gasteiger partial charge in [0.25, 0.3) is 5.91 Å². The van der Waals surface area contributed by atoms with Crippen molar-refractivity contribution in [3.63, 3.8) is 0 Å². The maximum absolute atomic E-state index is 12.8. The Hall–Kier alpha value is -1.39. The number of hydrogen-bond acceptors (Lipinski definition) is 4. The molecule has 7 nitrogen and oxygen atoms in total. The zero-order chi connectivity index (χ0) is 21.5. The van der Waals surface area contributed by atoms with Crippen LogP contribution in [0.4, 0.5) is 0 Å². The van der Waals surface area contributed by atoms with E-state index in [4.69, 9.17) is 14.5 Å². The SMILES string of the molecule is CCNC(=NCc1cccc(C(=O)N2CCCCC2)c1)N1CCOC(C2CCCO2)C1.I. The average molecular weight is 556 g/mol. The molecule has 178 valence electrons. The number of benzene rings is 1. The molecule has 2 unspecified atom stereocenters. The number of aliphatic imine (C=N–C) groups is 1. The molecule has 0 bridgehead atoms. The maximum atomic E-state index is 12.8. The predicted octanol–water partition coefficient (Wildman–Crippen LogP) is 3.28. The van der Waals surface area contributed by atoms with E-state index in [1.165, 1.54) is 6.42 Å². The van der Waals surface area contributed by atoms with Gasteiger partial charge in [-0.3, -0.25) is 4.79 Å². The lowest BCUT2D eigenvalue weighted by molar-refractivity contribution is -0.0817. The largest absolute Gasteiger partial charge is 0.375 e. The molecule has 3 heterocycles. The molecule has 0 aromatic heterocycles. The number of hydrogen-bond donors (Lipinski definition) is 1. The third-order valence-corrected chi connectivity index (χ3v) is 6.34. The summed E-state index contributed by atoms with van der Waals surface area (Å²) in [4.78, 5) is 22.0. The highest BCUT2D eigenvalue weighted by molar-refractivity contribution is 14.0. The van der Waals surface area contributed by atoms with Gasteiger partial charge in [-0.05, 0) is 56.7 Å². The molecule has 1 amide bonds. The zero-order valence-corrected chi connectivity index (χ0v) is 21.5. The highest BCUT2D eigenvalue weighted by atomic mass is 127. The van der Waals surface area contributed by atoms with Crippen molar-refractivity contribution in [3.05, 3.63) is 35.4 Å². The number of nitrogens with zero attached hydrogens (tertiary/aromatic N) is 3. The first-order valence-corrected chi connectivity index (χ1v) is 11.9. The maximum Gasteiger partial charge on any atom is 0.253 e. The molecule has 0 spiro atoms. The van der Waals surface area contributed by atoms with Crippen LogP contribution in [0.3, 0.4) is 0 Å². The van der Waals surface area contributed by atoms with Crippen LogP contribution in [0.2, 0.25) is 0 Å². The number of halogens is 1. The smallest absolute Gasteiger partial charge is 0.253 e. The standard InChI is InChI=1S/C24H36N4O3.HI/c1-2-25-24(28-13-15-31-22(18-28)21-10-7-14-30-21)26-17-19-8-6-9-20(16-19)23(29)27-11-4-3-5-12-27;/h6,8-9,16,21-22H,2-5,7,10-15,17-18H2,1H3,(H,25,26);1H. The molecular weight excluding hydrogens is 519 g/mol. The summed E-state index contributed by atoms with van der Waals surface area (Å²) in [6.07, 6.45) is 5.92. The lowest BCUT2D eigenvalue weighted by atomic mass is 10.1. The minimum Gasteiger partial charge on any atom is -0.375 e. The second-order valence-corrected chi connectivity index (χ2v) is 8.63. The zero-order valence-electron chi connectivity index (χ0n) is 19.1. The molecule has 8 heteroatoms. The van der Waals surface area contributed by atoms with Gasteiger partial charge in [-0.25, -0.2) is 4.99 Å². The molecule has 1 aromatic rings. The van der Waals surface area contributed by atoms with Crippen LogP contribution in [0.5, 0.6) is 0 Å². The average Bonchev–Trinajstić information content (AvgIpc) is 3.37. The number of rotatable bonds is 5. The van der Waals surface area contributed by atoms with Crippen LogP contribution in [0, 0.1) is 0 Å². The molecule has 3 aliphatic rings. The minimum atomic E-state index is 0. The van der Waals surface area contributed by atoms with Gasteiger partial charge in [0.15, 0.2) is 5.96 Å². The molecular formula is C24H37IN4O3. The first-order valence-electron chi connectivity index (χ1n) is 11.9. The van der Waals surface area contributed by atoms with Gasteiger partial charge in [-0.2, -0.15) is 0 Å². The van der Waals surface area contributed by atoms with Crippen molar-refractivity contribution in [1.29, 1.82) is 0 Å². The van der Waals surface area contributed by atoms with Crippen LogP contribution in [0.15, 0.2) is 29.3 Å². The Balaban J connectivity index is 0.00000289. The van der Waals surface area contributed by atoms with Crippen molar-refractivity contribution in [1.82, 2.24) is 15.1 Å². The van der Waals surface area contributed by atoms with E-state index in [1.54, 1.807) is 0 Å². The topological polar surface area (TPSA) is 66.4 Å².